The third-order valence-corrected chi connectivity index (χ3v) is 4.21. The van der Waals surface area contributed by atoms with Gasteiger partial charge in [-0.05, 0) is 51.5 Å². The molecule has 0 saturated carbocycles. The van der Waals surface area contributed by atoms with E-state index in [2.05, 4.69) is 56.9 Å². The van der Waals surface area contributed by atoms with Gasteiger partial charge in [-0.15, -0.1) is 0 Å². The van der Waals surface area contributed by atoms with Crippen molar-refractivity contribution >= 4 is 0 Å². The Balaban J connectivity index is 2.26. The zero-order chi connectivity index (χ0) is 12.7. The van der Waals surface area contributed by atoms with Crippen LogP contribution in [0.3, 0.4) is 0 Å². The molecule has 0 spiro atoms. The summed E-state index contributed by atoms with van der Waals surface area (Å²) in [6.07, 6.45) is 13.0. The predicted molar refractivity (Wildman–Crippen MR) is 77.2 cm³/mol. The van der Waals surface area contributed by atoms with E-state index >= 15 is 0 Å². The Morgan fingerprint density at radius 1 is 1.29 bits per heavy atom. The fourth-order valence-corrected chi connectivity index (χ4v) is 2.57. The molecule has 1 unspecified atom stereocenters. The fraction of sp³-hybridized carbons (Fsp3) is 0.750. The second kappa shape index (κ2) is 7.71. The minimum absolute atomic E-state index is 0.728. The SMILES string of the molecule is C/C=C\[C@@H](CC)C/C=C\CN1CC[C@@H](C)C1C. The molecule has 0 aromatic carbocycles. The molecule has 1 heteroatoms. The van der Waals surface area contributed by atoms with Crippen molar-refractivity contribution in [2.75, 3.05) is 13.1 Å². The molecule has 1 rings (SSSR count). The first-order valence-electron chi connectivity index (χ1n) is 7.20. The van der Waals surface area contributed by atoms with Gasteiger partial charge in [-0.25, -0.2) is 0 Å². The maximum absolute atomic E-state index is 2.60. The lowest BCUT2D eigenvalue weighted by atomic mass is 10.0. The van der Waals surface area contributed by atoms with Crippen molar-refractivity contribution in [1.29, 1.82) is 0 Å². The molecule has 0 bridgehead atoms. The van der Waals surface area contributed by atoms with Crippen LogP contribution in [0.1, 0.15) is 47.0 Å². The Hall–Kier alpha value is -0.560. The van der Waals surface area contributed by atoms with E-state index in [0.717, 1.165) is 24.4 Å². The molecular weight excluding hydrogens is 206 g/mol. The largest absolute Gasteiger partial charge is 0.297 e. The molecule has 0 N–H and O–H groups in total. The van der Waals surface area contributed by atoms with E-state index in [1.54, 1.807) is 0 Å². The molecule has 1 saturated heterocycles. The molecule has 0 aromatic rings. The van der Waals surface area contributed by atoms with Crippen molar-refractivity contribution in [1.82, 2.24) is 4.90 Å². The van der Waals surface area contributed by atoms with E-state index in [9.17, 15) is 0 Å². The maximum atomic E-state index is 2.60. The zero-order valence-electron chi connectivity index (χ0n) is 12.0. The lowest BCUT2D eigenvalue weighted by molar-refractivity contribution is 0.272. The van der Waals surface area contributed by atoms with E-state index in [4.69, 9.17) is 0 Å². The molecule has 1 aliphatic rings. The van der Waals surface area contributed by atoms with Gasteiger partial charge in [0.1, 0.15) is 0 Å². The molecule has 3 atom stereocenters. The zero-order valence-corrected chi connectivity index (χ0v) is 12.0. The van der Waals surface area contributed by atoms with E-state index in [1.807, 2.05) is 0 Å². The molecule has 1 fully saturated rings. The summed E-state index contributed by atoms with van der Waals surface area (Å²) in [4.78, 5) is 2.60. The van der Waals surface area contributed by atoms with Gasteiger partial charge in [-0.2, -0.15) is 0 Å². The molecule has 0 radical (unpaired) electrons. The first kappa shape index (κ1) is 14.5. The van der Waals surface area contributed by atoms with Crippen LogP contribution in [0.15, 0.2) is 24.3 Å². The summed E-state index contributed by atoms with van der Waals surface area (Å²) >= 11 is 0. The Labute approximate surface area is 108 Å². The lowest BCUT2D eigenvalue weighted by Crippen LogP contribution is -2.29. The van der Waals surface area contributed by atoms with E-state index in [0.29, 0.717) is 0 Å². The van der Waals surface area contributed by atoms with Crippen LogP contribution in [0.25, 0.3) is 0 Å². The monoisotopic (exact) mass is 235 g/mol. The highest BCUT2D eigenvalue weighted by Gasteiger charge is 2.25. The van der Waals surface area contributed by atoms with Crippen LogP contribution in [0.5, 0.6) is 0 Å². The first-order valence-corrected chi connectivity index (χ1v) is 7.20. The highest BCUT2D eigenvalue weighted by Crippen LogP contribution is 2.22. The van der Waals surface area contributed by atoms with Crippen molar-refractivity contribution in [2.24, 2.45) is 11.8 Å². The van der Waals surface area contributed by atoms with Gasteiger partial charge in [0, 0.05) is 12.6 Å². The average molecular weight is 235 g/mol. The Kier molecular flexibility index (Phi) is 6.57. The number of nitrogens with zero attached hydrogens (tertiary/aromatic N) is 1. The molecule has 1 aliphatic heterocycles. The summed E-state index contributed by atoms with van der Waals surface area (Å²) in [5, 5.41) is 0. The number of likely N-dealkylation sites (tertiary alicyclic amines) is 1. The maximum Gasteiger partial charge on any atom is 0.0166 e. The summed E-state index contributed by atoms with van der Waals surface area (Å²) < 4.78 is 0. The van der Waals surface area contributed by atoms with Crippen LogP contribution in [-0.4, -0.2) is 24.0 Å². The van der Waals surface area contributed by atoms with Crippen LogP contribution < -0.4 is 0 Å². The molecule has 1 nitrogen and oxygen atoms in total. The second-order valence-electron chi connectivity index (χ2n) is 5.40. The number of rotatable bonds is 6. The minimum atomic E-state index is 0.728. The Morgan fingerprint density at radius 3 is 2.59 bits per heavy atom. The normalized spacial score (nSPS) is 28.5. The van der Waals surface area contributed by atoms with E-state index in [-0.39, 0.29) is 0 Å². The molecule has 0 aromatic heterocycles. The van der Waals surface area contributed by atoms with Crippen LogP contribution >= 0.6 is 0 Å². The summed E-state index contributed by atoms with van der Waals surface area (Å²) in [5.74, 6) is 1.60. The summed E-state index contributed by atoms with van der Waals surface area (Å²) in [6.45, 7) is 11.5. The number of hydrogen-bond acceptors (Lipinski definition) is 1. The van der Waals surface area contributed by atoms with Crippen molar-refractivity contribution in [3.05, 3.63) is 24.3 Å². The summed E-state index contributed by atoms with van der Waals surface area (Å²) in [6, 6.07) is 0.761. The van der Waals surface area contributed by atoms with Gasteiger partial charge in [-0.1, -0.05) is 38.2 Å². The average Bonchev–Trinajstić information content (AvgIpc) is 2.64. The van der Waals surface area contributed by atoms with Crippen LogP contribution in [0.4, 0.5) is 0 Å². The van der Waals surface area contributed by atoms with Gasteiger partial charge in [0.05, 0.1) is 0 Å². The second-order valence-corrected chi connectivity index (χ2v) is 5.40. The minimum Gasteiger partial charge on any atom is -0.297 e. The van der Waals surface area contributed by atoms with Crippen molar-refractivity contribution in [2.45, 2.75) is 53.0 Å². The lowest BCUT2D eigenvalue weighted by Gasteiger charge is -2.21. The molecule has 98 valence electrons. The highest BCUT2D eigenvalue weighted by molar-refractivity contribution is 4.95. The Bertz CT molecular complexity index is 254. The third kappa shape index (κ3) is 4.67. The van der Waals surface area contributed by atoms with Crippen LogP contribution in [0.2, 0.25) is 0 Å². The third-order valence-electron chi connectivity index (χ3n) is 4.21. The standard InChI is InChI=1S/C16H29N/c1-5-9-16(6-2)10-7-8-12-17-13-11-14(3)15(17)4/h5,7-9,14-16H,6,10-13H2,1-4H3/b8-7-,9-5-/t14-,15?,16-/m1/s1. The van der Waals surface area contributed by atoms with Gasteiger partial charge < -0.3 is 0 Å². The highest BCUT2D eigenvalue weighted by atomic mass is 15.2. The van der Waals surface area contributed by atoms with Crippen LogP contribution in [0, 0.1) is 11.8 Å². The van der Waals surface area contributed by atoms with E-state index < -0.39 is 0 Å². The summed E-state index contributed by atoms with van der Waals surface area (Å²) in [5.41, 5.74) is 0. The van der Waals surface area contributed by atoms with Gasteiger partial charge in [0.25, 0.3) is 0 Å². The molecule has 17 heavy (non-hydrogen) atoms. The smallest absolute Gasteiger partial charge is 0.0166 e. The molecule has 1 heterocycles. The summed E-state index contributed by atoms with van der Waals surface area (Å²) in [7, 11) is 0. The predicted octanol–water partition coefficient (Wildman–Crippen LogP) is 4.27. The van der Waals surface area contributed by atoms with Gasteiger partial charge >= 0.3 is 0 Å². The molecular formula is C16H29N. The number of allylic oxidation sites excluding steroid dienone is 3. The van der Waals surface area contributed by atoms with Crippen molar-refractivity contribution in [3.63, 3.8) is 0 Å². The fourth-order valence-electron chi connectivity index (χ4n) is 2.57. The topological polar surface area (TPSA) is 3.24 Å². The van der Waals surface area contributed by atoms with Gasteiger partial charge in [0.2, 0.25) is 0 Å². The molecule has 0 aliphatic carbocycles. The van der Waals surface area contributed by atoms with Crippen LogP contribution in [-0.2, 0) is 0 Å². The number of hydrogen-bond donors (Lipinski definition) is 0. The molecule has 0 amide bonds. The quantitative estimate of drug-likeness (QED) is 0.622. The van der Waals surface area contributed by atoms with E-state index in [1.165, 1.54) is 25.8 Å². The van der Waals surface area contributed by atoms with Crippen molar-refractivity contribution in [3.8, 4) is 0 Å². The van der Waals surface area contributed by atoms with Gasteiger partial charge in [-0.3, -0.25) is 4.90 Å². The first-order chi connectivity index (χ1) is 8.19. The van der Waals surface area contributed by atoms with Crippen molar-refractivity contribution < 1.29 is 0 Å². The Morgan fingerprint density at radius 2 is 2.06 bits per heavy atom. The van der Waals surface area contributed by atoms with Gasteiger partial charge in [0.15, 0.2) is 0 Å².